The molecule has 1 aromatic heterocycles. The first kappa shape index (κ1) is 10.7. The van der Waals surface area contributed by atoms with E-state index in [-0.39, 0.29) is 23.5 Å². The van der Waals surface area contributed by atoms with Gasteiger partial charge in [0.2, 0.25) is 0 Å². The minimum Gasteiger partial charge on any atom is -0.506 e. The Morgan fingerprint density at radius 2 is 2.00 bits per heavy atom. The predicted molar refractivity (Wildman–Crippen MR) is 66.6 cm³/mol. The van der Waals surface area contributed by atoms with Gasteiger partial charge in [0.15, 0.2) is 5.78 Å². The van der Waals surface area contributed by atoms with Crippen LogP contribution in [0.1, 0.15) is 16.8 Å². The van der Waals surface area contributed by atoms with E-state index in [2.05, 4.69) is 9.97 Å². The number of allylic oxidation sites excluding steroid dienone is 1. The molecule has 0 unspecified atom stereocenters. The van der Waals surface area contributed by atoms with E-state index in [1.807, 2.05) is 18.2 Å². The number of carbonyl (C=O) groups is 1. The molecule has 0 fully saturated rings. The van der Waals surface area contributed by atoms with E-state index in [0.717, 1.165) is 5.56 Å². The number of benzene rings is 1. The van der Waals surface area contributed by atoms with Gasteiger partial charge in [0.25, 0.3) is 0 Å². The van der Waals surface area contributed by atoms with Gasteiger partial charge in [0.1, 0.15) is 5.76 Å². The van der Waals surface area contributed by atoms with Crippen molar-refractivity contribution >= 4 is 17.1 Å². The summed E-state index contributed by atoms with van der Waals surface area (Å²) < 4.78 is 0. The van der Waals surface area contributed by atoms with E-state index in [9.17, 15) is 9.90 Å². The molecule has 1 N–H and O–H groups in total. The minimum atomic E-state index is -0.133. The van der Waals surface area contributed by atoms with Gasteiger partial charge >= 0.3 is 0 Å². The van der Waals surface area contributed by atoms with Crippen LogP contribution in [-0.4, -0.2) is 20.9 Å². The van der Waals surface area contributed by atoms with Crippen molar-refractivity contribution in [2.45, 2.75) is 6.42 Å². The second-order valence-electron chi connectivity index (χ2n) is 4.07. The lowest BCUT2D eigenvalue weighted by Crippen LogP contribution is -2.15. The highest BCUT2D eigenvalue weighted by Crippen LogP contribution is 2.31. The van der Waals surface area contributed by atoms with Crippen LogP contribution >= 0.6 is 0 Å². The molecule has 1 aliphatic carbocycles. The molecule has 1 aliphatic rings. The maximum Gasteiger partial charge on any atom is 0.173 e. The molecule has 0 radical (unpaired) electrons. The average Bonchev–Trinajstić information content (AvgIpc) is 2.40. The summed E-state index contributed by atoms with van der Waals surface area (Å²) in [5, 5.41) is 10.2. The maximum absolute atomic E-state index is 12.1. The third-order valence-corrected chi connectivity index (χ3v) is 2.96. The first-order chi connectivity index (χ1) is 8.77. The Morgan fingerprint density at radius 1 is 1.17 bits per heavy atom. The Labute approximate surface area is 104 Å². The molecule has 4 nitrogen and oxygen atoms in total. The number of hydrogen-bond acceptors (Lipinski definition) is 4. The van der Waals surface area contributed by atoms with Gasteiger partial charge in [-0.15, -0.1) is 0 Å². The number of hydrogen-bond donors (Lipinski definition) is 1. The molecule has 0 atom stereocenters. The number of ketones is 1. The van der Waals surface area contributed by atoms with Crippen LogP contribution in [0.2, 0.25) is 0 Å². The van der Waals surface area contributed by atoms with Crippen LogP contribution in [0.25, 0.3) is 11.3 Å². The molecule has 1 heterocycles. The highest BCUT2D eigenvalue weighted by Gasteiger charge is 2.26. The van der Waals surface area contributed by atoms with Crippen molar-refractivity contribution < 1.29 is 9.90 Å². The number of carbonyl (C=O) groups excluding carboxylic acids is 1. The second kappa shape index (κ2) is 4.07. The average molecular weight is 238 g/mol. The van der Waals surface area contributed by atoms with E-state index >= 15 is 0 Å². The third-order valence-electron chi connectivity index (χ3n) is 2.96. The van der Waals surface area contributed by atoms with Crippen LogP contribution in [0, 0.1) is 0 Å². The highest BCUT2D eigenvalue weighted by atomic mass is 16.3. The fourth-order valence-electron chi connectivity index (χ4n) is 2.13. The van der Waals surface area contributed by atoms with E-state index in [0.29, 0.717) is 11.3 Å². The number of fused-ring (bicyclic) bond motifs is 1. The Morgan fingerprint density at radius 3 is 2.78 bits per heavy atom. The zero-order valence-electron chi connectivity index (χ0n) is 9.50. The lowest BCUT2D eigenvalue weighted by atomic mass is 9.88. The van der Waals surface area contributed by atoms with Crippen LogP contribution in [0.4, 0.5) is 0 Å². The topological polar surface area (TPSA) is 63.1 Å². The van der Waals surface area contributed by atoms with Crippen molar-refractivity contribution in [1.29, 1.82) is 0 Å². The number of Topliss-reactive ketones (excluding diaryl/α,β-unsaturated/α-hetero) is 1. The van der Waals surface area contributed by atoms with Crippen LogP contribution < -0.4 is 0 Å². The molecular weight excluding hydrogens is 228 g/mol. The van der Waals surface area contributed by atoms with Gasteiger partial charge in [-0.1, -0.05) is 24.3 Å². The molecule has 2 aromatic rings. The monoisotopic (exact) mass is 238 g/mol. The summed E-state index contributed by atoms with van der Waals surface area (Å²) in [5.41, 5.74) is 2.20. The van der Waals surface area contributed by atoms with Crippen LogP contribution in [0.5, 0.6) is 0 Å². The van der Waals surface area contributed by atoms with E-state index in [1.54, 1.807) is 6.07 Å². The van der Waals surface area contributed by atoms with Gasteiger partial charge in [-0.2, -0.15) is 0 Å². The highest BCUT2D eigenvalue weighted by molar-refractivity contribution is 6.28. The normalized spacial score (nSPS) is 14.6. The molecular formula is C14H10N2O2. The summed E-state index contributed by atoms with van der Waals surface area (Å²) >= 11 is 0. The molecule has 4 heteroatoms. The zero-order valence-corrected chi connectivity index (χ0v) is 9.50. The SMILES string of the molecule is O=C1Cc2ccccc2C(O)=C1c1cnccn1. The van der Waals surface area contributed by atoms with Crippen molar-refractivity contribution in [1.82, 2.24) is 9.97 Å². The number of rotatable bonds is 1. The smallest absolute Gasteiger partial charge is 0.173 e. The van der Waals surface area contributed by atoms with Crippen molar-refractivity contribution in [3.63, 3.8) is 0 Å². The summed E-state index contributed by atoms with van der Waals surface area (Å²) in [7, 11) is 0. The van der Waals surface area contributed by atoms with Gasteiger partial charge in [0, 0.05) is 24.4 Å². The Hall–Kier alpha value is -2.49. The molecule has 0 aliphatic heterocycles. The number of nitrogens with zero attached hydrogens (tertiary/aromatic N) is 2. The first-order valence-electron chi connectivity index (χ1n) is 5.58. The van der Waals surface area contributed by atoms with E-state index < -0.39 is 0 Å². The predicted octanol–water partition coefficient (Wildman–Crippen LogP) is 2.03. The molecule has 0 amide bonds. The Balaban J connectivity index is 2.23. The van der Waals surface area contributed by atoms with Crippen LogP contribution in [-0.2, 0) is 11.2 Å². The molecule has 0 spiro atoms. The summed E-state index contributed by atoms with van der Waals surface area (Å²) in [6.07, 6.45) is 4.80. The van der Waals surface area contributed by atoms with E-state index in [4.69, 9.17) is 0 Å². The molecule has 18 heavy (non-hydrogen) atoms. The molecule has 88 valence electrons. The molecule has 0 saturated carbocycles. The Bertz CT molecular complexity index is 648. The third kappa shape index (κ3) is 1.59. The molecule has 3 rings (SSSR count). The number of aliphatic hydroxyl groups excluding tert-OH is 1. The lowest BCUT2D eigenvalue weighted by Gasteiger charge is -2.17. The first-order valence-corrected chi connectivity index (χ1v) is 5.58. The Kier molecular flexibility index (Phi) is 2.41. The van der Waals surface area contributed by atoms with Crippen LogP contribution in [0.15, 0.2) is 42.9 Å². The van der Waals surface area contributed by atoms with Gasteiger partial charge in [0.05, 0.1) is 17.5 Å². The lowest BCUT2D eigenvalue weighted by molar-refractivity contribution is -0.113. The van der Waals surface area contributed by atoms with Gasteiger partial charge < -0.3 is 5.11 Å². The largest absolute Gasteiger partial charge is 0.506 e. The second-order valence-corrected chi connectivity index (χ2v) is 4.07. The van der Waals surface area contributed by atoms with Crippen molar-refractivity contribution in [3.05, 3.63) is 59.7 Å². The molecule has 1 aromatic carbocycles. The summed E-state index contributed by atoms with van der Waals surface area (Å²) in [5.74, 6) is -0.144. The minimum absolute atomic E-state index is 0.0117. The van der Waals surface area contributed by atoms with Gasteiger partial charge in [-0.25, -0.2) is 0 Å². The van der Waals surface area contributed by atoms with Crippen molar-refractivity contribution in [2.75, 3.05) is 0 Å². The van der Waals surface area contributed by atoms with Gasteiger partial charge in [-0.05, 0) is 5.56 Å². The summed E-state index contributed by atoms with van der Waals surface area (Å²) in [6.45, 7) is 0. The molecule has 0 bridgehead atoms. The fourth-order valence-corrected chi connectivity index (χ4v) is 2.13. The maximum atomic E-state index is 12.1. The standard InChI is InChI=1S/C14H10N2O2/c17-12-7-9-3-1-2-4-10(9)14(18)13(12)11-8-15-5-6-16-11/h1-6,8,18H,7H2. The summed E-state index contributed by atoms with van der Waals surface area (Å²) in [4.78, 5) is 20.1. The van der Waals surface area contributed by atoms with Gasteiger partial charge in [-0.3, -0.25) is 14.8 Å². The van der Waals surface area contributed by atoms with Crippen molar-refractivity contribution in [2.24, 2.45) is 0 Å². The van der Waals surface area contributed by atoms with Crippen LogP contribution in [0.3, 0.4) is 0 Å². The fraction of sp³-hybridized carbons (Fsp3) is 0.0714. The number of aliphatic hydroxyl groups is 1. The zero-order chi connectivity index (χ0) is 12.5. The molecule has 0 saturated heterocycles. The summed E-state index contributed by atoms with van der Waals surface area (Å²) in [6, 6.07) is 7.33. The van der Waals surface area contributed by atoms with E-state index in [1.165, 1.54) is 18.6 Å². The van der Waals surface area contributed by atoms with Crippen molar-refractivity contribution in [3.8, 4) is 0 Å². The quantitative estimate of drug-likeness (QED) is 0.825. The number of aromatic nitrogens is 2.